The number of hydrogen-bond acceptors (Lipinski definition) is 1. The SMILES string of the molecule is C=C(C)C[C@@](C)(c1ccc(OC)cc1)C1CCCCC1. The molecule has 1 aliphatic carbocycles. The molecule has 1 nitrogen and oxygen atoms in total. The standard InChI is InChI=1S/C19H28O/c1-15(2)14-19(3,16-8-6-5-7-9-16)17-10-12-18(20-4)13-11-17/h10-13,16H,1,5-9,14H2,2-4H3/t19-/m1/s1. The zero-order valence-corrected chi connectivity index (χ0v) is 13.2. The van der Waals surface area contributed by atoms with Crippen LogP contribution in [0.25, 0.3) is 0 Å². The quantitative estimate of drug-likeness (QED) is 0.643. The van der Waals surface area contributed by atoms with Crippen LogP contribution in [0, 0.1) is 5.92 Å². The highest BCUT2D eigenvalue weighted by molar-refractivity contribution is 5.33. The molecule has 1 aliphatic rings. The van der Waals surface area contributed by atoms with Crippen LogP contribution in [0.5, 0.6) is 5.75 Å². The Labute approximate surface area is 124 Å². The van der Waals surface area contributed by atoms with Crippen molar-refractivity contribution in [1.82, 2.24) is 0 Å². The van der Waals surface area contributed by atoms with Gasteiger partial charge in [0.1, 0.15) is 5.75 Å². The van der Waals surface area contributed by atoms with Crippen LogP contribution in [0.1, 0.15) is 57.9 Å². The molecule has 110 valence electrons. The molecule has 0 N–H and O–H groups in total. The summed E-state index contributed by atoms with van der Waals surface area (Å²) in [6.07, 6.45) is 7.97. The molecule has 1 aromatic carbocycles. The van der Waals surface area contributed by atoms with E-state index in [0.29, 0.717) is 0 Å². The van der Waals surface area contributed by atoms with Crippen molar-refractivity contribution in [3.63, 3.8) is 0 Å². The van der Waals surface area contributed by atoms with E-state index in [1.807, 2.05) is 0 Å². The molecule has 1 aromatic rings. The molecule has 0 bridgehead atoms. The molecule has 1 atom stereocenters. The Balaban J connectivity index is 2.30. The third-order valence-corrected chi connectivity index (χ3v) is 4.92. The van der Waals surface area contributed by atoms with Gasteiger partial charge in [-0.3, -0.25) is 0 Å². The summed E-state index contributed by atoms with van der Waals surface area (Å²) in [6.45, 7) is 8.76. The Morgan fingerprint density at radius 2 is 1.80 bits per heavy atom. The molecule has 0 unspecified atom stereocenters. The van der Waals surface area contributed by atoms with Crippen molar-refractivity contribution in [3.05, 3.63) is 42.0 Å². The molecule has 0 aliphatic heterocycles. The van der Waals surface area contributed by atoms with Crippen molar-refractivity contribution >= 4 is 0 Å². The minimum Gasteiger partial charge on any atom is -0.497 e. The van der Waals surface area contributed by atoms with Crippen molar-refractivity contribution in [1.29, 1.82) is 0 Å². The maximum Gasteiger partial charge on any atom is 0.118 e. The topological polar surface area (TPSA) is 9.23 Å². The van der Waals surface area contributed by atoms with E-state index < -0.39 is 0 Å². The van der Waals surface area contributed by atoms with Crippen LogP contribution in [0.15, 0.2) is 36.4 Å². The van der Waals surface area contributed by atoms with Crippen LogP contribution in [0.4, 0.5) is 0 Å². The van der Waals surface area contributed by atoms with Gasteiger partial charge in [-0.25, -0.2) is 0 Å². The second-order valence-corrected chi connectivity index (χ2v) is 6.61. The zero-order valence-electron chi connectivity index (χ0n) is 13.2. The lowest BCUT2D eigenvalue weighted by Crippen LogP contribution is -2.34. The fourth-order valence-electron chi connectivity index (χ4n) is 3.82. The maximum absolute atomic E-state index is 5.29. The predicted molar refractivity (Wildman–Crippen MR) is 86.4 cm³/mol. The van der Waals surface area contributed by atoms with Gasteiger partial charge in [0.05, 0.1) is 7.11 Å². The molecule has 0 spiro atoms. The van der Waals surface area contributed by atoms with E-state index in [2.05, 4.69) is 44.7 Å². The third-order valence-electron chi connectivity index (χ3n) is 4.92. The first-order valence-corrected chi connectivity index (χ1v) is 7.85. The van der Waals surface area contributed by atoms with E-state index >= 15 is 0 Å². The molecule has 1 fully saturated rings. The molecule has 0 radical (unpaired) electrons. The molecule has 0 amide bonds. The first kappa shape index (κ1) is 15.2. The van der Waals surface area contributed by atoms with E-state index in [-0.39, 0.29) is 5.41 Å². The zero-order chi connectivity index (χ0) is 14.6. The van der Waals surface area contributed by atoms with Crippen LogP contribution in [0.3, 0.4) is 0 Å². The van der Waals surface area contributed by atoms with Gasteiger partial charge < -0.3 is 4.74 Å². The predicted octanol–water partition coefficient (Wildman–Crippen LogP) is 5.50. The largest absolute Gasteiger partial charge is 0.497 e. The fraction of sp³-hybridized carbons (Fsp3) is 0.579. The maximum atomic E-state index is 5.29. The molecule has 20 heavy (non-hydrogen) atoms. The Hall–Kier alpha value is -1.24. The molecule has 0 aromatic heterocycles. The van der Waals surface area contributed by atoms with Crippen molar-refractivity contribution in [2.45, 2.75) is 57.8 Å². The Morgan fingerprint density at radius 1 is 1.20 bits per heavy atom. The highest BCUT2D eigenvalue weighted by Crippen LogP contribution is 2.44. The van der Waals surface area contributed by atoms with E-state index in [1.54, 1.807) is 7.11 Å². The molecule has 1 saturated carbocycles. The Bertz CT molecular complexity index is 439. The van der Waals surface area contributed by atoms with E-state index in [4.69, 9.17) is 4.74 Å². The fourth-order valence-corrected chi connectivity index (χ4v) is 3.82. The number of ether oxygens (including phenoxy) is 1. The van der Waals surface area contributed by atoms with Gasteiger partial charge in [0.25, 0.3) is 0 Å². The molecular weight excluding hydrogens is 244 g/mol. The van der Waals surface area contributed by atoms with Crippen LogP contribution >= 0.6 is 0 Å². The lowest BCUT2D eigenvalue weighted by atomic mass is 9.63. The second kappa shape index (κ2) is 6.47. The molecule has 0 heterocycles. The first-order valence-electron chi connectivity index (χ1n) is 7.85. The number of hydrogen-bond donors (Lipinski definition) is 0. The second-order valence-electron chi connectivity index (χ2n) is 6.61. The smallest absolute Gasteiger partial charge is 0.118 e. The Kier molecular flexibility index (Phi) is 4.91. The highest BCUT2D eigenvalue weighted by Gasteiger charge is 2.36. The van der Waals surface area contributed by atoms with Gasteiger partial charge in [0.2, 0.25) is 0 Å². The highest BCUT2D eigenvalue weighted by atomic mass is 16.5. The van der Waals surface area contributed by atoms with Crippen LogP contribution in [-0.2, 0) is 5.41 Å². The lowest BCUT2D eigenvalue weighted by molar-refractivity contribution is 0.216. The molecular formula is C19H28O. The third kappa shape index (κ3) is 3.26. The van der Waals surface area contributed by atoms with E-state index in [9.17, 15) is 0 Å². The molecule has 1 heteroatoms. The summed E-state index contributed by atoms with van der Waals surface area (Å²) in [5.74, 6) is 1.72. The Morgan fingerprint density at radius 3 is 2.30 bits per heavy atom. The van der Waals surface area contributed by atoms with Gasteiger partial charge in [0.15, 0.2) is 0 Å². The van der Waals surface area contributed by atoms with E-state index in [0.717, 1.165) is 18.1 Å². The summed E-state index contributed by atoms with van der Waals surface area (Å²) in [5.41, 5.74) is 2.94. The lowest BCUT2D eigenvalue weighted by Gasteiger charge is -2.41. The van der Waals surface area contributed by atoms with E-state index in [1.165, 1.54) is 43.2 Å². The summed E-state index contributed by atoms with van der Waals surface area (Å²) in [6, 6.07) is 8.68. The van der Waals surface area contributed by atoms with Crippen molar-refractivity contribution < 1.29 is 4.74 Å². The monoisotopic (exact) mass is 272 g/mol. The summed E-state index contributed by atoms with van der Waals surface area (Å²) >= 11 is 0. The van der Waals surface area contributed by atoms with Gasteiger partial charge >= 0.3 is 0 Å². The normalized spacial score (nSPS) is 19.4. The van der Waals surface area contributed by atoms with Gasteiger partial charge in [-0.15, -0.1) is 6.58 Å². The molecule has 2 rings (SSSR count). The van der Waals surface area contributed by atoms with Gasteiger partial charge in [0, 0.05) is 0 Å². The minimum atomic E-state index is 0.221. The van der Waals surface area contributed by atoms with Gasteiger partial charge in [-0.2, -0.15) is 0 Å². The average molecular weight is 272 g/mol. The van der Waals surface area contributed by atoms with Crippen molar-refractivity contribution in [3.8, 4) is 5.75 Å². The number of allylic oxidation sites excluding steroid dienone is 1. The number of methoxy groups -OCH3 is 1. The summed E-state index contributed by atoms with van der Waals surface area (Å²) in [5, 5.41) is 0. The minimum absolute atomic E-state index is 0.221. The molecule has 0 saturated heterocycles. The summed E-state index contributed by atoms with van der Waals surface area (Å²) in [4.78, 5) is 0. The van der Waals surface area contributed by atoms with Gasteiger partial charge in [-0.05, 0) is 55.2 Å². The number of rotatable bonds is 5. The average Bonchev–Trinajstić information content (AvgIpc) is 2.47. The summed E-state index contributed by atoms with van der Waals surface area (Å²) < 4.78 is 5.29. The van der Waals surface area contributed by atoms with Crippen LogP contribution in [0.2, 0.25) is 0 Å². The number of benzene rings is 1. The summed E-state index contributed by atoms with van der Waals surface area (Å²) in [7, 11) is 1.73. The van der Waals surface area contributed by atoms with Crippen molar-refractivity contribution in [2.24, 2.45) is 5.92 Å². The van der Waals surface area contributed by atoms with Gasteiger partial charge in [-0.1, -0.05) is 43.9 Å². The first-order chi connectivity index (χ1) is 9.56. The van der Waals surface area contributed by atoms with Crippen LogP contribution in [-0.4, -0.2) is 7.11 Å². The van der Waals surface area contributed by atoms with Crippen LogP contribution < -0.4 is 4.74 Å². The van der Waals surface area contributed by atoms with Crippen molar-refractivity contribution in [2.75, 3.05) is 7.11 Å².